The molecule has 0 saturated carbocycles. The Labute approximate surface area is 192 Å². The first-order valence-corrected chi connectivity index (χ1v) is 12.8. The third kappa shape index (κ3) is 4.59. The van der Waals surface area contributed by atoms with Crippen molar-refractivity contribution in [3.63, 3.8) is 0 Å². The summed E-state index contributed by atoms with van der Waals surface area (Å²) in [7, 11) is -1.84. The number of fused-ring (bicyclic) bond motifs is 3. The molecule has 3 heterocycles. The fourth-order valence-corrected chi connectivity index (χ4v) is 6.36. The highest BCUT2D eigenvalue weighted by molar-refractivity contribution is 7.91. The summed E-state index contributed by atoms with van der Waals surface area (Å²) in [6.07, 6.45) is 0.392. The Kier molecular flexibility index (Phi) is 5.94. The van der Waals surface area contributed by atoms with Crippen LogP contribution in [0, 0.1) is 6.92 Å². The number of sulfone groups is 1. The molecule has 9 nitrogen and oxygen atoms in total. The molecule has 33 heavy (non-hydrogen) atoms. The first-order chi connectivity index (χ1) is 15.4. The van der Waals surface area contributed by atoms with Crippen molar-refractivity contribution in [3.05, 3.63) is 33.2 Å². The van der Waals surface area contributed by atoms with Gasteiger partial charge in [0, 0.05) is 23.6 Å². The lowest BCUT2D eigenvalue weighted by Crippen LogP contribution is -2.42. The Bertz CT molecular complexity index is 1280. The minimum Gasteiger partial charge on any atom is -0.496 e. The summed E-state index contributed by atoms with van der Waals surface area (Å²) < 4.78 is 40.7. The molecule has 2 aromatic rings. The van der Waals surface area contributed by atoms with Gasteiger partial charge in [0.15, 0.2) is 9.84 Å². The Morgan fingerprint density at radius 3 is 2.70 bits per heavy atom. The van der Waals surface area contributed by atoms with E-state index in [-0.39, 0.29) is 29.9 Å². The highest BCUT2D eigenvalue weighted by Crippen LogP contribution is 2.43. The van der Waals surface area contributed by atoms with Crippen molar-refractivity contribution in [1.29, 1.82) is 0 Å². The van der Waals surface area contributed by atoms with Crippen LogP contribution in [0.5, 0.6) is 11.5 Å². The second-order valence-corrected chi connectivity index (χ2v) is 11.6. The molecule has 0 aliphatic carbocycles. The zero-order valence-electron chi connectivity index (χ0n) is 19.2. The first kappa shape index (κ1) is 23.6. The number of rotatable bonds is 5. The van der Waals surface area contributed by atoms with Crippen LogP contribution in [-0.4, -0.2) is 55.8 Å². The number of hydrogen-bond donors (Lipinski definition) is 2. The summed E-state index contributed by atoms with van der Waals surface area (Å²) >= 11 is 0. The molecule has 2 aliphatic heterocycles. The smallest absolute Gasteiger partial charge is 0.339 e. The Balaban J connectivity index is 1.62. The molecule has 1 fully saturated rings. The van der Waals surface area contributed by atoms with Crippen molar-refractivity contribution in [3.8, 4) is 11.5 Å². The number of carbonyl (C=O) groups excluding carboxylic acids is 1. The van der Waals surface area contributed by atoms with Gasteiger partial charge >= 0.3 is 5.63 Å². The summed E-state index contributed by atoms with van der Waals surface area (Å²) in [5.41, 5.74) is 1.42. The van der Waals surface area contributed by atoms with Crippen LogP contribution in [0.15, 0.2) is 15.3 Å². The molecule has 180 valence electrons. The van der Waals surface area contributed by atoms with E-state index in [9.17, 15) is 23.1 Å². The van der Waals surface area contributed by atoms with Crippen LogP contribution in [0.4, 0.5) is 0 Å². The number of ether oxygens (including phenoxy) is 2. The lowest BCUT2D eigenvalue weighted by Gasteiger charge is -2.33. The van der Waals surface area contributed by atoms with Gasteiger partial charge in [-0.1, -0.05) is 0 Å². The number of nitrogens with one attached hydrogen (secondary N) is 1. The number of aliphatic hydroxyl groups is 1. The van der Waals surface area contributed by atoms with Gasteiger partial charge in [-0.05, 0) is 45.6 Å². The van der Waals surface area contributed by atoms with Crippen molar-refractivity contribution < 1.29 is 32.2 Å². The number of amides is 1. The first-order valence-electron chi connectivity index (χ1n) is 10.9. The van der Waals surface area contributed by atoms with Gasteiger partial charge < -0.3 is 24.3 Å². The lowest BCUT2D eigenvalue weighted by molar-refractivity contribution is -0.122. The molecule has 10 heteroatoms. The van der Waals surface area contributed by atoms with E-state index in [1.165, 1.54) is 7.11 Å². The van der Waals surface area contributed by atoms with Crippen LogP contribution in [0.25, 0.3) is 11.0 Å². The van der Waals surface area contributed by atoms with E-state index in [0.29, 0.717) is 40.0 Å². The minimum atomic E-state index is -3.37. The molecule has 2 atom stereocenters. The number of carbonyl (C=O) groups is 1. The number of benzene rings is 1. The molecule has 0 bridgehead atoms. The number of hydrogen-bond acceptors (Lipinski definition) is 8. The van der Waals surface area contributed by atoms with Crippen LogP contribution in [0.2, 0.25) is 0 Å². The second kappa shape index (κ2) is 8.32. The van der Waals surface area contributed by atoms with E-state index in [4.69, 9.17) is 13.9 Å². The van der Waals surface area contributed by atoms with Gasteiger partial charge in [-0.2, -0.15) is 0 Å². The van der Waals surface area contributed by atoms with E-state index in [0.717, 1.165) is 12.0 Å². The average molecular weight is 480 g/mol. The Hall–Kier alpha value is -2.59. The van der Waals surface area contributed by atoms with Crippen molar-refractivity contribution in [2.24, 2.45) is 0 Å². The highest BCUT2D eigenvalue weighted by atomic mass is 32.2. The highest BCUT2D eigenvalue weighted by Gasteiger charge is 2.37. The van der Waals surface area contributed by atoms with Crippen LogP contribution < -0.4 is 20.4 Å². The van der Waals surface area contributed by atoms with Gasteiger partial charge in [-0.15, -0.1) is 0 Å². The lowest BCUT2D eigenvalue weighted by atomic mass is 9.91. The molecule has 1 saturated heterocycles. The third-order valence-electron chi connectivity index (χ3n) is 6.43. The molecule has 2 aliphatic rings. The maximum absolute atomic E-state index is 12.9. The minimum absolute atomic E-state index is 0.0507. The van der Waals surface area contributed by atoms with Gasteiger partial charge in [0.2, 0.25) is 5.91 Å². The van der Waals surface area contributed by atoms with Gasteiger partial charge in [-0.25, -0.2) is 13.2 Å². The predicted octanol–water partition coefficient (Wildman–Crippen LogP) is 1.42. The van der Waals surface area contributed by atoms with Crippen molar-refractivity contribution >= 4 is 26.7 Å². The second-order valence-electron chi connectivity index (χ2n) is 9.43. The van der Waals surface area contributed by atoms with Gasteiger partial charge in [-0.3, -0.25) is 4.79 Å². The van der Waals surface area contributed by atoms with E-state index in [1.54, 1.807) is 6.92 Å². The topological polar surface area (TPSA) is 132 Å². The SMILES string of the molecule is COc1cc2c(c3oc(=O)c(CCC(=O)N[C@@H]4CS(=O)(=O)C[C@H]4O)c(C)c13)CCC(C)(C)O2. The normalized spacial score (nSPS) is 23.1. The largest absolute Gasteiger partial charge is 0.496 e. The average Bonchev–Trinajstić information content (AvgIpc) is 2.96. The van der Waals surface area contributed by atoms with Gasteiger partial charge in [0.1, 0.15) is 22.7 Å². The van der Waals surface area contributed by atoms with Crippen LogP contribution >= 0.6 is 0 Å². The molecule has 0 radical (unpaired) electrons. The molecule has 4 rings (SSSR count). The standard InChI is InChI=1S/C23H29NO8S/c1-12-13(5-6-19(26)24-15-10-33(28,29)11-16(15)25)22(27)31-21-14-7-8-23(2,3)32-17(14)9-18(30-4)20(12)21/h9,15-16,25H,5-8,10-11H2,1-4H3,(H,24,26)/t15-,16-/m1/s1. The van der Waals surface area contributed by atoms with Crippen LogP contribution in [-0.2, 0) is 27.5 Å². The molecule has 1 aromatic carbocycles. The Morgan fingerprint density at radius 1 is 1.33 bits per heavy atom. The van der Waals surface area contributed by atoms with Gasteiger partial charge in [0.05, 0.1) is 36.1 Å². The van der Waals surface area contributed by atoms with E-state index >= 15 is 0 Å². The maximum atomic E-state index is 12.9. The number of aliphatic hydroxyl groups excluding tert-OH is 1. The molecule has 2 N–H and O–H groups in total. The van der Waals surface area contributed by atoms with E-state index in [1.807, 2.05) is 19.9 Å². The van der Waals surface area contributed by atoms with Crippen molar-refractivity contribution in [2.45, 2.75) is 64.2 Å². The third-order valence-corrected chi connectivity index (χ3v) is 8.15. The fraction of sp³-hybridized carbons (Fsp3) is 0.565. The van der Waals surface area contributed by atoms with Crippen molar-refractivity contribution in [2.75, 3.05) is 18.6 Å². The summed E-state index contributed by atoms with van der Waals surface area (Å²) in [5, 5.41) is 13.1. The fourth-order valence-electron chi connectivity index (χ4n) is 4.62. The summed E-state index contributed by atoms with van der Waals surface area (Å²) in [5.74, 6) is 0.0558. The zero-order valence-corrected chi connectivity index (χ0v) is 20.0. The zero-order chi connectivity index (χ0) is 24.1. The summed E-state index contributed by atoms with van der Waals surface area (Å²) in [4.78, 5) is 25.3. The number of aryl methyl sites for hydroxylation is 2. The van der Waals surface area contributed by atoms with E-state index in [2.05, 4.69) is 5.32 Å². The molecular weight excluding hydrogens is 450 g/mol. The van der Waals surface area contributed by atoms with Crippen LogP contribution in [0.3, 0.4) is 0 Å². The monoisotopic (exact) mass is 479 g/mol. The van der Waals surface area contributed by atoms with E-state index < -0.39 is 33.5 Å². The summed E-state index contributed by atoms with van der Waals surface area (Å²) in [6.45, 7) is 5.80. The quantitative estimate of drug-likeness (QED) is 0.616. The summed E-state index contributed by atoms with van der Waals surface area (Å²) in [6, 6.07) is 0.969. The number of methoxy groups -OCH3 is 1. The molecule has 1 aromatic heterocycles. The maximum Gasteiger partial charge on any atom is 0.339 e. The Morgan fingerprint density at radius 2 is 2.06 bits per heavy atom. The van der Waals surface area contributed by atoms with Crippen LogP contribution in [0.1, 0.15) is 43.4 Å². The molecular formula is C23H29NO8S. The molecule has 0 spiro atoms. The predicted molar refractivity (Wildman–Crippen MR) is 122 cm³/mol. The molecule has 1 amide bonds. The van der Waals surface area contributed by atoms with Gasteiger partial charge in [0.25, 0.3) is 0 Å². The van der Waals surface area contributed by atoms with Crippen molar-refractivity contribution in [1.82, 2.24) is 5.32 Å². The molecule has 0 unspecified atom stereocenters.